The number of hydrogen-bond donors (Lipinski definition) is 1. The monoisotopic (exact) mass is 214 g/mol. The topological polar surface area (TPSA) is 50.7 Å². The fraction of sp³-hybridized carbons (Fsp3) is 0.667. The van der Waals surface area contributed by atoms with Gasteiger partial charge in [0.05, 0.1) is 0 Å². The summed E-state index contributed by atoms with van der Waals surface area (Å²) in [6, 6.07) is 0. The third-order valence-corrected chi connectivity index (χ3v) is 1.75. The zero-order chi connectivity index (χ0) is 10.6. The van der Waals surface area contributed by atoms with E-state index in [0.29, 0.717) is 11.9 Å². The number of nitrogens with one attached hydrogen (secondary N) is 1. The molecule has 0 amide bonds. The van der Waals surface area contributed by atoms with Crippen molar-refractivity contribution in [2.45, 2.75) is 27.2 Å². The van der Waals surface area contributed by atoms with E-state index in [0.717, 1.165) is 18.8 Å². The van der Waals surface area contributed by atoms with Gasteiger partial charge in [-0.05, 0) is 24.4 Å². The molecule has 1 aromatic heterocycles. The molecule has 0 aromatic carbocycles. The quantitative estimate of drug-likeness (QED) is 0.835. The number of rotatable bonds is 4. The largest absolute Gasteiger partial charge is 0.354 e. The fourth-order valence-electron chi connectivity index (χ4n) is 1.08. The van der Waals surface area contributed by atoms with Crippen molar-refractivity contribution < 1.29 is 0 Å². The Morgan fingerprint density at radius 1 is 1.29 bits per heavy atom. The molecule has 4 nitrogen and oxygen atoms in total. The lowest BCUT2D eigenvalue weighted by Crippen LogP contribution is -2.08. The first-order valence-corrected chi connectivity index (χ1v) is 5.14. The van der Waals surface area contributed by atoms with Crippen LogP contribution in [0, 0.1) is 5.92 Å². The fourth-order valence-corrected chi connectivity index (χ4v) is 1.26. The Morgan fingerprint density at radius 2 is 2.00 bits per heavy atom. The minimum absolute atomic E-state index is 0.256. The standard InChI is InChI=1S/C9H15ClN4/c1-4-11-9-13-7(5-6(2)3)12-8(10)14-9/h6H,4-5H2,1-3H3,(H,11,12,13,14). The van der Waals surface area contributed by atoms with Crippen LogP contribution in [0.1, 0.15) is 26.6 Å². The van der Waals surface area contributed by atoms with Gasteiger partial charge in [-0.1, -0.05) is 13.8 Å². The number of hydrogen-bond acceptors (Lipinski definition) is 4. The molecule has 0 bridgehead atoms. The van der Waals surface area contributed by atoms with E-state index in [4.69, 9.17) is 11.6 Å². The number of aromatic nitrogens is 3. The normalized spacial score (nSPS) is 10.6. The van der Waals surface area contributed by atoms with Crippen molar-refractivity contribution >= 4 is 17.5 Å². The van der Waals surface area contributed by atoms with Crippen molar-refractivity contribution in [3.05, 3.63) is 11.1 Å². The summed E-state index contributed by atoms with van der Waals surface area (Å²) in [4.78, 5) is 12.3. The minimum Gasteiger partial charge on any atom is -0.354 e. The van der Waals surface area contributed by atoms with Gasteiger partial charge >= 0.3 is 0 Å². The van der Waals surface area contributed by atoms with Gasteiger partial charge in [-0.25, -0.2) is 4.98 Å². The molecule has 78 valence electrons. The van der Waals surface area contributed by atoms with E-state index in [1.807, 2.05) is 6.92 Å². The van der Waals surface area contributed by atoms with E-state index >= 15 is 0 Å². The number of nitrogens with zero attached hydrogens (tertiary/aromatic N) is 3. The number of halogens is 1. The third kappa shape index (κ3) is 3.46. The van der Waals surface area contributed by atoms with E-state index in [1.54, 1.807) is 0 Å². The first-order valence-electron chi connectivity index (χ1n) is 4.76. The summed E-state index contributed by atoms with van der Waals surface area (Å²) in [6.45, 7) is 7.00. The summed E-state index contributed by atoms with van der Waals surface area (Å²) in [5.41, 5.74) is 0. The average molecular weight is 215 g/mol. The van der Waals surface area contributed by atoms with Crippen LogP contribution < -0.4 is 5.32 Å². The van der Waals surface area contributed by atoms with Crippen LogP contribution in [-0.2, 0) is 6.42 Å². The van der Waals surface area contributed by atoms with Crippen molar-refractivity contribution in [1.29, 1.82) is 0 Å². The van der Waals surface area contributed by atoms with Crippen LogP contribution in [0.25, 0.3) is 0 Å². The average Bonchev–Trinajstić information content (AvgIpc) is 2.01. The predicted octanol–water partition coefficient (Wildman–Crippen LogP) is 2.16. The molecule has 1 heterocycles. The van der Waals surface area contributed by atoms with Gasteiger partial charge in [0.1, 0.15) is 5.82 Å². The SMILES string of the molecule is CCNc1nc(Cl)nc(CC(C)C)n1. The highest BCUT2D eigenvalue weighted by Crippen LogP contribution is 2.09. The van der Waals surface area contributed by atoms with Gasteiger partial charge in [-0.2, -0.15) is 9.97 Å². The van der Waals surface area contributed by atoms with Gasteiger partial charge < -0.3 is 5.32 Å². The molecule has 1 N–H and O–H groups in total. The second-order valence-electron chi connectivity index (χ2n) is 3.47. The molecule has 0 atom stereocenters. The van der Waals surface area contributed by atoms with Crippen molar-refractivity contribution in [3.63, 3.8) is 0 Å². The highest BCUT2D eigenvalue weighted by atomic mass is 35.5. The number of anilines is 1. The molecule has 0 radical (unpaired) electrons. The molecule has 0 aliphatic rings. The summed E-state index contributed by atoms with van der Waals surface area (Å²) in [5, 5.41) is 3.27. The Labute approximate surface area is 89.1 Å². The second-order valence-corrected chi connectivity index (χ2v) is 3.81. The van der Waals surface area contributed by atoms with Crippen LogP contribution in [0.2, 0.25) is 5.28 Å². The van der Waals surface area contributed by atoms with Gasteiger partial charge in [-0.3, -0.25) is 0 Å². The Morgan fingerprint density at radius 3 is 2.57 bits per heavy atom. The summed E-state index contributed by atoms with van der Waals surface area (Å²) in [7, 11) is 0. The zero-order valence-electron chi connectivity index (χ0n) is 8.71. The molecule has 0 fully saturated rings. The van der Waals surface area contributed by atoms with E-state index in [-0.39, 0.29) is 5.28 Å². The summed E-state index contributed by atoms with van der Waals surface area (Å²) in [6.07, 6.45) is 0.820. The smallest absolute Gasteiger partial charge is 0.227 e. The lowest BCUT2D eigenvalue weighted by atomic mass is 10.1. The first kappa shape index (κ1) is 11.2. The zero-order valence-corrected chi connectivity index (χ0v) is 9.47. The molecule has 1 rings (SSSR count). The van der Waals surface area contributed by atoms with E-state index in [9.17, 15) is 0 Å². The molecule has 0 spiro atoms. The minimum atomic E-state index is 0.256. The molecule has 5 heteroatoms. The van der Waals surface area contributed by atoms with Crippen molar-refractivity contribution in [2.75, 3.05) is 11.9 Å². The molecule has 1 aromatic rings. The van der Waals surface area contributed by atoms with E-state index in [2.05, 4.69) is 34.1 Å². The lowest BCUT2D eigenvalue weighted by molar-refractivity contribution is 0.618. The summed E-state index contributed by atoms with van der Waals surface area (Å²) in [5.74, 6) is 1.82. The first-order chi connectivity index (χ1) is 6.61. The molecule has 14 heavy (non-hydrogen) atoms. The van der Waals surface area contributed by atoms with Crippen LogP contribution in [0.5, 0.6) is 0 Å². The molecular formula is C9H15ClN4. The summed E-state index contributed by atoms with van der Waals surface area (Å²) < 4.78 is 0. The highest BCUT2D eigenvalue weighted by molar-refractivity contribution is 6.28. The van der Waals surface area contributed by atoms with E-state index < -0.39 is 0 Å². The van der Waals surface area contributed by atoms with Crippen molar-refractivity contribution in [2.24, 2.45) is 5.92 Å². The van der Waals surface area contributed by atoms with Gasteiger partial charge in [0.15, 0.2) is 0 Å². The van der Waals surface area contributed by atoms with Crippen LogP contribution in [0.4, 0.5) is 5.95 Å². The van der Waals surface area contributed by atoms with Crippen molar-refractivity contribution in [3.8, 4) is 0 Å². The van der Waals surface area contributed by atoms with Gasteiger partial charge in [0, 0.05) is 13.0 Å². The Hall–Kier alpha value is -0.900. The maximum absolute atomic E-state index is 5.77. The predicted molar refractivity (Wildman–Crippen MR) is 57.5 cm³/mol. The van der Waals surface area contributed by atoms with Gasteiger partial charge in [-0.15, -0.1) is 0 Å². The second kappa shape index (κ2) is 5.10. The molecule has 0 aliphatic heterocycles. The maximum atomic E-state index is 5.77. The highest BCUT2D eigenvalue weighted by Gasteiger charge is 2.05. The molecule has 0 saturated heterocycles. The van der Waals surface area contributed by atoms with Gasteiger partial charge in [0.25, 0.3) is 0 Å². The molecule has 0 saturated carbocycles. The third-order valence-electron chi connectivity index (χ3n) is 1.58. The maximum Gasteiger partial charge on any atom is 0.227 e. The molecular weight excluding hydrogens is 200 g/mol. The Balaban J connectivity index is 2.83. The summed E-state index contributed by atoms with van der Waals surface area (Å²) >= 11 is 5.77. The lowest BCUT2D eigenvalue weighted by Gasteiger charge is -2.06. The molecule has 0 aliphatic carbocycles. The van der Waals surface area contributed by atoms with Gasteiger partial charge in [0.2, 0.25) is 11.2 Å². The Bertz CT molecular complexity index is 301. The van der Waals surface area contributed by atoms with Crippen LogP contribution >= 0.6 is 11.6 Å². The van der Waals surface area contributed by atoms with E-state index in [1.165, 1.54) is 0 Å². The van der Waals surface area contributed by atoms with Crippen LogP contribution in [0.15, 0.2) is 0 Å². The molecule has 0 unspecified atom stereocenters. The van der Waals surface area contributed by atoms with Crippen molar-refractivity contribution in [1.82, 2.24) is 15.0 Å². The van der Waals surface area contributed by atoms with Crippen LogP contribution in [0.3, 0.4) is 0 Å². The Kier molecular flexibility index (Phi) is 4.07. The van der Waals surface area contributed by atoms with Crippen LogP contribution in [-0.4, -0.2) is 21.5 Å².